The van der Waals surface area contributed by atoms with Crippen molar-refractivity contribution >= 4 is 23.5 Å². The molecule has 2 amide bonds. The Balaban J connectivity index is 1.74. The Hall–Kier alpha value is -3.14. The molecule has 0 radical (unpaired) electrons. The number of hydrogen-bond donors (Lipinski definition) is 3. The van der Waals surface area contributed by atoms with Crippen molar-refractivity contribution in [2.45, 2.75) is 65.3 Å². The number of carbonyl (C=O) groups is 2. The topological polar surface area (TPSA) is 120 Å². The molecule has 3 N–H and O–H groups in total. The molecule has 33 heavy (non-hydrogen) atoms. The molecule has 1 aliphatic carbocycles. The van der Waals surface area contributed by atoms with Crippen LogP contribution in [-0.2, 0) is 16.1 Å². The van der Waals surface area contributed by atoms with Gasteiger partial charge < -0.3 is 20.1 Å². The number of ether oxygens (including phenoxy) is 1. The highest BCUT2D eigenvalue weighted by Gasteiger charge is 2.34. The summed E-state index contributed by atoms with van der Waals surface area (Å²) in [6.45, 7) is 9.18. The van der Waals surface area contributed by atoms with Crippen LogP contribution in [0.2, 0.25) is 0 Å². The largest absolute Gasteiger partial charge is 0.477 e. The maximum atomic E-state index is 13.1. The Bertz CT molecular complexity index is 1160. The molecule has 0 aromatic carbocycles. The fourth-order valence-electron chi connectivity index (χ4n) is 4.07. The van der Waals surface area contributed by atoms with Crippen molar-refractivity contribution in [3.63, 3.8) is 0 Å². The number of H-pyrrole nitrogens is 1. The number of amides is 2. The normalized spacial score (nSPS) is 21.3. The van der Waals surface area contributed by atoms with Gasteiger partial charge in [-0.15, -0.1) is 0 Å². The molecule has 2 fully saturated rings. The average molecular weight is 459 g/mol. The molecule has 0 spiro atoms. The molecular weight excluding hydrogens is 426 g/mol. The SMILES string of the molecule is CC(C)C[n+]1c(O)c(C(=O)NC2CC2)c(=O)n2[nH]cc(/C=C/C(=O)N3C[C@H](C)OC[C@H]3C)c21. The van der Waals surface area contributed by atoms with Crippen molar-refractivity contribution in [1.29, 1.82) is 0 Å². The number of nitrogens with zero attached hydrogens (tertiary/aromatic N) is 3. The summed E-state index contributed by atoms with van der Waals surface area (Å²) in [5.74, 6) is -0.975. The van der Waals surface area contributed by atoms with E-state index in [1.54, 1.807) is 21.7 Å². The highest BCUT2D eigenvalue weighted by Crippen LogP contribution is 2.21. The Labute approximate surface area is 191 Å². The molecule has 3 heterocycles. The minimum absolute atomic E-state index is 0.0319. The summed E-state index contributed by atoms with van der Waals surface area (Å²) in [4.78, 5) is 40.4. The van der Waals surface area contributed by atoms with E-state index in [0.717, 1.165) is 12.8 Å². The number of fused-ring (bicyclic) bond motifs is 1. The summed E-state index contributed by atoms with van der Waals surface area (Å²) in [6.07, 6.45) is 6.39. The van der Waals surface area contributed by atoms with Gasteiger partial charge in [0.2, 0.25) is 11.5 Å². The van der Waals surface area contributed by atoms with Crippen molar-refractivity contribution < 1.29 is 24.0 Å². The molecule has 2 aromatic rings. The van der Waals surface area contributed by atoms with Crippen LogP contribution >= 0.6 is 0 Å². The van der Waals surface area contributed by atoms with Gasteiger partial charge in [-0.25, -0.2) is 9.89 Å². The van der Waals surface area contributed by atoms with Crippen LogP contribution in [0.15, 0.2) is 17.1 Å². The van der Waals surface area contributed by atoms with Gasteiger partial charge in [0, 0.05) is 18.7 Å². The Morgan fingerprint density at radius 2 is 2.09 bits per heavy atom. The van der Waals surface area contributed by atoms with Crippen molar-refractivity contribution in [3.05, 3.63) is 33.8 Å². The molecular formula is C23H32N5O5+. The number of carbonyl (C=O) groups excluding carboxylic acids is 2. The lowest BCUT2D eigenvalue weighted by molar-refractivity contribution is -0.686. The summed E-state index contributed by atoms with van der Waals surface area (Å²) in [6, 6.07) is 0.0142. The molecule has 2 aromatic heterocycles. The molecule has 10 heteroatoms. The highest BCUT2D eigenvalue weighted by molar-refractivity contribution is 5.96. The number of nitrogens with one attached hydrogen (secondary N) is 2. The monoisotopic (exact) mass is 458 g/mol. The van der Waals surface area contributed by atoms with E-state index >= 15 is 0 Å². The standard InChI is InChI=1S/C23H31N5O5/c1-13(2)10-27-21-16(5-8-18(29)26-11-15(4)33-12-14(26)3)9-24-28(21)23(32)19(22(27)31)20(30)25-17-6-7-17/h5,8-9,13-15,17H,6-7,10-12H2,1-4H3,(H2,25,30,31,32)/p+1/b8-5+/t14-,15+/m1/s1. The van der Waals surface area contributed by atoms with Crippen LogP contribution in [-0.4, -0.2) is 62.8 Å². The lowest BCUT2D eigenvalue weighted by Gasteiger charge is -2.36. The van der Waals surface area contributed by atoms with E-state index in [1.807, 2.05) is 27.7 Å². The predicted molar refractivity (Wildman–Crippen MR) is 121 cm³/mol. The van der Waals surface area contributed by atoms with E-state index in [1.165, 1.54) is 10.6 Å². The first-order valence-electron chi connectivity index (χ1n) is 11.5. The second-order valence-electron chi connectivity index (χ2n) is 9.46. The van der Waals surface area contributed by atoms with Gasteiger partial charge >= 0.3 is 17.1 Å². The van der Waals surface area contributed by atoms with Crippen LogP contribution in [0.3, 0.4) is 0 Å². The lowest BCUT2D eigenvalue weighted by atomic mass is 10.2. The van der Waals surface area contributed by atoms with E-state index in [9.17, 15) is 19.5 Å². The molecule has 10 nitrogen and oxygen atoms in total. The summed E-state index contributed by atoms with van der Waals surface area (Å²) in [5.41, 5.74) is 0.0213. The van der Waals surface area contributed by atoms with Crippen LogP contribution < -0.4 is 15.4 Å². The fourth-order valence-corrected chi connectivity index (χ4v) is 4.07. The minimum Gasteiger partial charge on any atom is -0.477 e. The summed E-state index contributed by atoms with van der Waals surface area (Å²) < 4.78 is 8.38. The van der Waals surface area contributed by atoms with Crippen molar-refractivity contribution in [2.24, 2.45) is 5.92 Å². The third kappa shape index (κ3) is 4.66. The third-order valence-electron chi connectivity index (χ3n) is 5.95. The first kappa shape index (κ1) is 23.0. The van der Waals surface area contributed by atoms with Gasteiger partial charge in [0.15, 0.2) is 0 Å². The number of aromatic nitrogens is 3. The van der Waals surface area contributed by atoms with Gasteiger partial charge in [-0.3, -0.25) is 9.59 Å². The minimum atomic E-state index is -0.637. The maximum absolute atomic E-state index is 13.1. The quantitative estimate of drug-likeness (QED) is 0.437. The van der Waals surface area contributed by atoms with Crippen molar-refractivity contribution in [3.8, 4) is 5.88 Å². The summed E-state index contributed by atoms with van der Waals surface area (Å²) in [5, 5.41) is 16.6. The first-order valence-corrected chi connectivity index (χ1v) is 11.5. The smallest absolute Gasteiger partial charge is 0.378 e. The van der Waals surface area contributed by atoms with Gasteiger partial charge in [0.25, 0.3) is 5.91 Å². The van der Waals surface area contributed by atoms with E-state index in [-0.39, 0.29) is 41.5 Å². The number of hydrogen-bond acceptors (Lipinski definition) is 5. The molecule has 2 aliphatic rings. The molecule has 0 bridgehead atoms. The zero-order chi connectivity index (χ0) is 23.9. The van der Waals surface area contributed by atoms with Gasteiger partial charge in [0.1, 0.15) is 0 Å². The molecule has 1 aliphatic heterocycles. The second-order valence-corrected chi connectivity index (χ2v) is 9.46. The van der Waals surface area contributed by atoms with E-state index in [4.69, 9.17) is 4.74 Å². The zero-order valence-electron chi connectivity index (χ0n) is 19.5. The Morgan fingerprint density at radius 1 is 1.36 bits per heavy atom. The highest BCUT2D eigenvalue weighted by atomic mass is 16.5. The zero-order valence-corrected chi connectivity index (χ0v) is 19.5. The van der Waals surface area contributed by atoms with Gasteiger partial charge in [-0.05, 0) is 38.7 Å². The Kier molecular flexibility index (Phi) is 6.29. The van der Waals surface area contributed by atoms with Crippen LogP contribution in [0, 0.1) is 5.92 Å². The molecule has 2 atom stereocenters. The predicted octanol–water partition coefficient (Wildman–Crippen LogP) is 0.818. The fraction of sp³-hybridized carbons (Fsp3) is 0.565. The average Bonchev–Trinajstić information content (AvgIpc) is 3.46. The second kappa shape index (κ2) is 9.01. The Morgan fingerprint density at radius 3 is 2.76 bits per heavy atom. The van der Waals surface area contributed by atoms with Crippen LogP contribution in [0.25, 0.3) is 11.7 Å². The number of aromatic hydroxyl groups is 1. The third-order valence-corrected chi connectivity index (χ3v) is 5.95. The molecule has 4 rings (SSSR count). The van der Waals surface area contributed by atoms with Crippen molar-refractivity contribution in [2.75, 3.05) is 13.2 Å². The number of morpholine rings is 1. The summed E-state index contributed by atoms with van der Waals surface area (Å²) >= 11 is 0. The summed E-state index contributed by atoms with van der Waals surface area (Å²) in [7, 11) is 0. The molecule has 178 valence electrons. The van der Waals surface area contributed by atoms with E-state index < -0.39 is 11.5 Å². The number of rotatable bonds is 6. The van der Waals surface area contributed by atoms with Crippen LogP contribution in [0.5, 0.6) is 5.88 Å². The lowest BCUT2D eigenvalue weighted by Crippen LogP contribution is -2.49. The maximum Gasteiger partial charge on any atom is 0.378 e. The molecule has 1 saturated heterocycles. The van der Waals surface area contributed by atoms with Crippen LogP contribution in [0.4, 0.5) is 0 Å². The van der Waals surface area contributed by atoms with E-state index in [2.05, 4.69) is 10.4 Å². The first-order chi connectivity index (χ1) is 15.7. The van der Waals surface area contributed by atoms with Gasteiger partial charge in [0.05, 0.1) is 37.1 Å². The number of aromatic amines is 1. The van der Waals surface area contributed by atoms with Crippen LogP contribution in [0.1, 0.15) is 56.5 Å². The molecule has 0 unspecified atom stereocenters. The van der Waals surface area contributed by atoms with Gasteiger partial charge in [-0.1, -0.05) is 18.4 Å². The molecule has 1 saturated carbocycles. The van der Waals surface area contributed by atoms with Gasteiger partial charge in [-0.2, -0.15) is 4.57 Å². The van der Waals surface area contributed by atoms with Crippen molar-refractivity contribution in [1.82, 2.24) is 19.8 Å². The van der Waals surface area contributed by atoms with E-state index in [0.29, 0.717) is 30.9 Å².